The molecule has 0 aliphatic rings. The summed E-state index contributed by atoms with van der Waals surface area (Å²) in [6.07, 6.45) is 1.23. The van der Waals surface area contributed by atoms with Gasteiger partial charge in [-0.05, 0) is 44.4 Å². The summed E-state index contributed by atoms with van der Waals surface area (Å²) in [7, 11) is 0. The lowest BCUT2D eigenvalue weighted by Gasteiger charge is -2.22. The summed E-state index contributed by atoms with van der Waals surface area (Å²) in [5.41, 5.74) is 1.34. The van der Waals surface area contributed by atoms with Gasteiger partial charge in [0.15, 0.2) is 0 Å². The van der Waals surface area contributed by atoms with E-state index >= 15 is 0 Å². The molecule has 0 saturated heterocycles. The van der Waals surface area contributed by atoms with Gasteiger partial charge < -0.3 is 5.32 Å². The van der Waals surface area contributed by atoms with E-state index in [2.05, 4.69) is 46.0 Å². The summed E-state index contributed by atoms with van der Waals surface area (Å²) in [4.78, 5) is 1.31. The summed E-state index contributed by atoms with van der Waals surface area (Å²) >= 11 is 8.27. The van der Waals surface area contributed by atoms with Gasteiger partial charge in [-0.15, -0.1) is 11.8 Å². The van der Waals surface area contributed by atoms with Gasteiger partial charge in [0.25, 0.3) is 0 Å². The smallest absolute Gasteiger partial charge is 0.0462 e. The van der Waals surface area contributed by atoms with Crippen molar-refractivity contribution in [3.8, 4) is 0 Å². The minimum atomic E-state index is 0.109. The lowest BCUT2D eigenvalue weighted by Crippen LogP contribution is -2.35. The van der Waals surface area contributed by atoms with Gasteiger partial charge in [-0.2, -0.15) is 0 Å². The maximum absolute atomic E-state index is 6.35. The zero-order chi connectivity index (χ0) is 14.5. The molecule has 0 radical (unpaired) electrons. The van der Waals surface area contributed by atoms with Gasteiger partial charge in [0.2, 0.25) is 0 Å². The molecular formula is C16H26ClNS. The van der Waals surface area contributed by atoms with E-state index in [0.29, 0.717) is 0 Å². The monoisotopic (exact) mass is 299 g/mol. The second kappa shape index (κ2) is 7.56. The highest BCUT2D eigenvalue weighted by Crippen LogP contribution is 2.30. The molecular weight excluding hydrogens is 274 g/mol. The molecule has 0 amide bonds. The van der Waals surface area contributed by atoms with Gasteiger partial charge >= 0.3 is 0 Å². The molecule has 0 aliphatic carbocycles. The maximum atomic E-state index is 6.35. The van der Waals surface area contributed by atoms with Crippen LogP contribution in [-0.2, 0) is 6.54 Å². The Kier molecular flexibility index (Phi) is 6.72. The molecule has 3 heteroatoms. The van der Waals surface area contributed by atoms with Crippen molar-refractivity contribution in [2.75, 3.05) is 5.75 Å². The van der Waals surface area contributed by atoms with Gasteiger partial charge in [-0.3, -0.25) is 0 Å². The van der Waals surface area contributed by atoms with Crippen LogP contribution in [0, 0.1) is 5.92 Å². The average Bonchev–Trinajstić information content (AvgIpc) is 2.33. The van der Waals surface area contributed by atoms with Crippen LogP contribution in [0.5, 0.6) is 0 Å². The topological polar surface area (TPSA) is 12.0 Å². The zero-order valence-corrected chi connectivity index (χ0v) is 14.3. The molecule has 0 bridgehead atoms. The van der Waals surface area contributed by atoms with Crippen LogP contribution in [-0.4, -0.2) is 11.3 Å². The standard InChI is InChI=1S/C16H26ClNS/c1-6-12(2)11-19-15-9-7-8-14(17)13(15)10-18-16(3,4)5/h7-9,12,18H,6,10-11H2,1-5H3. The number of hydrogen-bond donors (Lipinski definition) is 1. The Hall–Kier alpha value is -0.180. The van der Waals surface area contributed by atoms with E-state index in [9.17, 15) is 0 Å². The number of halogens is 1. The Balaban J connectivity index is 2.77. The average molecular weight is 300 g/mol. The summed E-state index contributed by atoms with van der Waals surface area (Å²) in [5.74, 6) is 1.90. The molecule has 108 valence electrons. The second-order valence-electron chi connectivity index (χ2n) is 6.14. The first-order valence-corrected chi connectivity index (χ1v) is 8.35. The SMILES string of the molecule is CCC(C)CSc1cccc(Cl)c1CNC(C)(C)C. The molecule has 0 aliphatic heterocycles. The van der Waals surface area contributed by atoms with Crippen molar-refractivity contribution in [3.63, 3.8) is 0 Å². The molecule has 1 N–H and O–H groups in total. The van der Waals surface area contributed by atoms with Crippen LogP contribution in [0.1, 0.15) is 46.6 Å². The summed E-state index contributed by atoms with van der Waals surface area (Å²) in [6.45, 7) is 11.9. The van der Waals surface area contributed by atoms with E-state index < -0.39 is 0 Å². The Morgan fingerprint density at radius 3 is 2.58 bits per heavy atom. The van der Waals surface area contributed by atoms with Crippen molar-refractivity contribution in [2.24, 2.45) is 5.92 Å². The summed E-state index contributed by atoms with van der Waals surface area (Å²) < 4.78 is 0. The van der Waals surface area contributed by atoms with E-state index in [0.717, 1.165) is 23.2 Å². The fourth-order valence-electron chi connectivity index (χ4n) is 1.55. The molecule has 1 rings (SSSR count). The van der Waals surface area contributed by atoms with Crippen LogP contribution < -0.4 is 5.32 Å². The molecule has 0 heterocycles. The molecule has 0 fully saturated rings. The molecule has 1 aromatic carbocycles. The normalized spacial score (nSPS) is 13.6. The van der Waals surface area contributed by atoms with E-state index in [-0.39, 0.29) is 5.54 Å². The predicted octanol–water partition coefficient (Wildman–Crippen LogP) is 5.37. The molecule has 1 aromatic rings. The van der Waals surface area contributed by atoms with Crippen molar-refractivity contribution in [1.29, 1.82) is 0 Å². The molecule has 0 saturated carbocycles. The second-order valence-corrected chi connectivity index (χ2v) is 7.61. The van der Waals surface area contributed by atoms with Crippen LogP contribution >= 0.6 is 23.4 Å². The van der Waals surface area contributed by atoms with Gasteiger partial charge in [0.1, 0.15) is 0 Å². The quantitative estimate of drug-likeness (QED) is 0.709. The molecule has 0 aromatic heterocycles. The van der Waals surface area contributed by atoms with Crippen LogP contribution in [0.3, 0.4) is 0 Å². The maximum Gasteiger partial charge on any atom is 0.0462 e. The highest BCUT2D eigenvalue weighted by atomic mass is 35.5. The first-order valence-electron chi connectivity index (χ1n) is 6.98. The zero-order valence-electron chi connectivity index (χ0n) is 12.7. The third-order valence-corrected chi connectivity index (χ3v) is 4.87. The van der Waals surface area contributed by atoms with Crippen molar-refractivity contribution in [1.82, 2.24) is 5.32 Å². The number of hydrogen-bond acceptors (Lipinski definition) is 2. The van der Waals surface area contributed by atoms with E-state index in [1.807, 2.05) is 23.9 Å². The molecule has 1 unspecified atom stereocenters. The molecule has 1 atom stereocenters. The lowest BCUT2D eigenvalue weighted by molar-refractivity contribution is 0.422. The minimum absolute atomic E-state index is 0.109. The van der Waals surface area contributed by atoms with E-state index in [1.54, 1.807) is 0 Å². The molecule has 1 nitrogen and oxygen atoms in total. The van der Waals surface area contributed by atoms with E-state index in [4.69, 9.17) is 11.6 Å². The highest BCUT2D eigenvalue weighted by Gasteiger charge is 2.13. The Morgan fingerprint density at radius 1 is 1.32 bits per heavy atom. The predicted molar refractivity (Wildman–Crippen MR) is 88.2 cm³/mol. The van der Waals surface area contributed by atoms with Crippen LogP contribution in [0.15, 0.2) is 23.1 Å². The number of nitrogens with one attached hydrogen (secondary N) is 1. The Labute approximate surface area is 127 Å². The summed E-state index contributed by atoms with van der Waals surface area (Å²) in [6, 6.07) is 6.20. The largest absolute Gasteiger partial charge is 0.308 e. The first-order chi connectivity index (χ1) is 8.83. The van der Waals surface area contributed by atoms with Crippen molar-refractivity contribution < 1.29 is 0 Å². The van der Waals surface area contributed by atoms with Gasteiger partial charge in [0.05, 0.1) is 0 Å². The fourth-order valence-corrected chi connectivity index (χ4v) is 3.08. The molecule has 0 spiro atoms. The third-order valence-electron chi connectivity index (χ3n) is 3.09. The van der Waals surface area contributed by atoms with Crippen molar-refractivity contribution in [2.45, 2.75) is 58.0 Å². The number of rotatable bonds is 6. The van der Waals surface area contributed by atoms with E-state index in [1.165, 1.54) is 16.9 Å². The Bertz CT molecular complexity index is 398. The lowest BCUT2D eigenvalue weighted by atomic mass is 10.1. The van der Waals surface area contributed by atoms with Gasteiger partial charge in [-0.1, -0.05) is 37.9 Å². The number of thioether (sulfide) groups is 1. The molecule has 19 heavy (non-hydrogen) atoms. The number of benzene rings is 1. The first kappa shape index (κ1) is 16.9. The van der Waals surface area contributed by atoms with Crippen molar-refractivity contribution in [3.05, 3.63) is 28.8 Å². The van der Waals surface area contributed by atoms with Crippen molar-refractivity contribution >= 4 is 23.4 Å². The Morgan fingerprint density at radius 2 is 2.00 bits per heavy atom. The minimum Gasteiger partial charge on any atom is -0.308 e. The van der Waals surface area contributed by atoms with Crippen LogP contribution in [0.4, 0.5) is 0 Å². The van der Waals surface area contributed by atoms with Gasteiger partial charge in [0, 0.05) is 27.8 Å². The third kappa shape index (κ3) is 6.20. The van der Waals surface area contributed by atoms with Gasteiger partial charge in [-0.25, -0.2) is 0 Å². The van der Waals surface area contributed by atoms with Crippen LogP contribution in [0.25, 0.3) is 0 Å². The highest BCUT2D eigenvalue weighted by molar-refractivity contribution is 7.99. The fraction of sp³-hybridized carbons (Fsp3) is 0.625. The summed E-state index contributed by atoms with van der Waals surface area (Å²) in [5, 5.41) is 4.39. The van der Waals surface area contributed by atoms with Crippen LogP contribution in [0.2, 0.25) is 5.02 Å².